The number of hydrogen-bond donors (Lipinski definition) is 2. The first-order valence-corrected chi connectivity index (χ1v) is 10.8. The molecule has 0 aliphatic rings. The smallest absolute Gasteiger partial charge is 0.336 e. The van der Waals surface area contributed by atoms with Crippen LogP contribution in [-0.4, -0.2) is 41.0 Å². The van der Waals surface area contributed by atoms with Crippen LogP contribution < -0.4 is 10.1 Å². The van der Waals surface area contributed by atoms with Gasteiger partial charge in [-0.2, -0.15) is 0 Å². The summed E-state index contributed by atoms with van der Waals surface area (Å²) >= 11 is 1.40. The summed E-state index contributed by atoms with van der Waals surface area (Å²) in [5.41, 5.74) is 5.45. The van der Waals surface area contributed by atoms with Gasteiger partial charge in [0.25, 0.3) is 0 Å². The number of rotatable bonds is 8. The van der Waals surface area contributed by atoms with Crippen molar-refractivity contribution in [1.82, 2.24) is 9.97 Å². The molecule has 0 atom stereocenters. The van der Waals surface area contributed by atoms with Gasteiger partial charge in [-0.1, -0.05) is 12.1 Å². The quantitative estimate of drug-likeness (QED) is 0.501. The molecule has 0 amide bonds. The van der Waals surface area contributed by atoms with Crippen LogP contribution in [0, 0.1) is 13.8 Å². The van der Waals surface area contributed by atoms with Crippen molar-refractivity contribution in [2.75, 3.05) is 25.2 Å². The van der Waals surface area contributed by atoms with E-state index >= 15 is 0 Å². The predicted molar refractivity (Wildman–Crippen MR) is 121 cm³/mol. The van der Waals surface area contributed by atoms with Gasteiger partial charge in [0, 0.05) is 23.1 Å². The molecule has 0 saturated heterocycles. The largest absolute Gasteiger partial charge is 0.496 e. The molecule has 30 heavy (non-hydrogen) atoms. The van der Waals surface area contributed by atoms with Gasteiger partial charge in [0.15, 0.2) is 0 Å². The number of aryl methyl sites for hydroxylation is 2. The number of benzene rings is 2. The second kappa shape index (κ2) is 9.63. The highest BCUT2D eigenvalue weighted by atomic mass is 32.2. The third-order valence-electron chi connectivity index (χ3n) is 4.87. The molecule has 2 aromatic carbocycles. The fourth-order valence-electron chi connectivity index (χ4n) is 3.42. The van der Waals surface area contributed by atoms with E-state index in [-0.39, 0.29) is 0 Å². The highest BCUT2D eigenvalue weighted by molar-refractivity contribution is 7.98. The van der Waals surface area contributed by atoms with Crippen molar-refractivity contribution in [1.29, 1.82) is 0 Å². The van der Waals surface area contributed by atoms with Crippen molar-refractivity contribution in [3.8, 4) is 17.0 Å². The SMILES string of the molecule is COc1cc(C)cc(C)c1CCNc1cc(-c2ccc(C(=O)O)c(SC)c2)ncn1. The third-order valence-corrected chi connectivity index (χ3v) is 5.65. The van der Waals surface area contributed by atoms with Crippen molar-refractivity contribution in [2.24, 2.45) is 0 Å². The molecule has 0 saturated carbocycles. The van der Waals surface area contributed by atoms with E-state index in [0.29, 0.717) is 17.0 Å². The van der Waals surface area contributed by atoms with Crippen LogP contribution in [0.25, 0.3) is 11.3 Å². The van der Waals surface area contributed by atoms with Gasteiger partial charge in [0.1, 0.15) is 17.9 Å². The van der Waals surface area contributed by atoms with E-state index in [1.54, 1.807) is 19.2 Å². The van der Waals surface area contributed by atoms with E-state index in [1.165, 1.54) is 34.8 Å². The molecule has 0 fully saturated rings. The molecule has 0 spiro atoms. The molecule has 0 aliphatic heterocycles. The summed E-state index contributed by atoms with van der Waals surface area (Å²) in [7, 11) is 1.69. The molecule has 3 aromatic rings. The highest BCUT2D eigenvalue weighted by Crippen LogP contribution is 2.28. The maximum Gasteiger partial charge on any atom is 0.336 e. The molecule has 1 aromatic heterocycles. The topological polar surface area (TPSA) is 84.3 Å². The van der Waals surface area contributed by atoms with Crippen molar-refractivity contribution in [3.05, 3.63) is 65.0 Å². The van der Waals surface area contributed by atoms with Crippen LogP contribution in [0.4, 0.5) is 5.82 Å². The van der Waals surface area contributed by atoms with Gasteiger partial charge in [-0.05, 0) is 61.4 Å². The van der Waals surface area contributed by atoms with Crippen molar-refractivity contribution in [2.45, 2.75) is 25.2 Å². The molecule has 156 valence electrons. The van der Waals surface area contributed by atoms with Crippen LogP contribution in [0.5, 0.6) is 5.75 Å². The lowest BCUT2D eigenvalue weighted by Crippen LogP contribution is -2.09. The molecule has 0 bridgehead atoms. The van der Waals surface area contributed by atoms with Gasteiger partial charge in [0.05, 0.1) is 18.4 Å². The lowest BCUT2D eigenvalue weighted by Gasteiger charge is -2.14. The second-order valence-corrected chi connectivity index (χ2v) is 7.80. The van der Waals surface area contributed by atoms with E-state index in [0.717, 1.165) is 29.2 Å². The fraction of sp³-hybridized carbons (Fsp3) is 0.261. The van der Waals surface area contributed by atoms with Gasteiger partial charge in [-0.15, -0.1) is 11.8 Å². The Labute approximate surface area is 180 Å². The second-order valence-electron chi connectivity index (χ2n) is 6.95. The van der Waals surface area contributed by atoms with Gasteiger partial charge in [-0.3, -0.25) is 0 Å². The number of ether oxygens (including phenoxy) is 1. The molecular formula is C23H25N3O3S. The molecule has 3 rings (SSSR count). The van der Waals surface area contributed by atoms with Gasteiger partial charge >= 0.3 is 5.97 Å². The Bertz CT molecular complexity index is 1070. The maximum atomic E-state index is 11.3. The molecule has 0 unspecified atom stereocenters. The summed E-state index contributed by atoms with van der Waals surface area (Å²) in [6, 6.07) is 11.3. The number of anilines is 1. The lowest BCUT2D eigenvalue weighted by atomic mass is 10.0. The van der Waals surface area contributed by atoms with Gasteiger partial charge in [-0.25, -0.2) is 14.8 Å². The van der Waals surface area contributed by atoms with Crippen molar-refractivity contribution in [3.63, 3.8) is 0 Å². The van der Waals surface area contributed by atoms with Crippen LogP contribution >= 0.6 is 11.8 Å². The number of thioether (sulfide) groups is 1. The Balaban J connectivity index is 1.75. The molecule has 7 heteroatoms. The Morgan fingerprint density at radius 3 is 2.67 bits per heavy atom. The minimum absolute atomic E-state index is 0.293. The minimum Gasteiger partial charge on any atom is -0.496 e. The monoisotopic (exact) mass is 423 g/mol. The first kappa shape index (κ1) is 21.6. The summed E-state index contributed by atoms with van der Waals surface area (Å²) in [6.07, 6.45) is 4.18. The Kier molecular flexibility index (Phi) is 6.95. The van der Waals surface area contributed by atoms with E-state index in [9.17, 15) is 9.90 Å². The van der Waals surface area contributed by atoms with Crippen LogP contribution in [-0.2, 0) is 6.42 Å². The molecule has 0 aliphatic carbocycles. The molecule has 6 nitrogen and oxygen atoms in total. The zero-order chi connectivity index (χ0) is 21.7. The number of carboxylic acids is 1. The zero-order valence-corrected chi connectivity index (χ0v) is 18.3. The average molecular weight is 424 g/mol. The van der Waals surface area contributed by atoms with Crippen molar-refractivity contribution >= 4 is 23.5 Å². The first-order chi connectivity index (χ1) is 14.4. The number of aromatic nitrogens is 2. The van der Waals surface area contributed by atoms with E-state index in [2.05, 4.69) is 41.3 Å². The Hall–Kier alpha value is -3.06. The summed E-state index contributed by atoms with van der Waals surface area (Å²) in [4.78, 5) is 20.7. The molecular weight excluding hydrogens is 398 g/mol. The van der Waals surface area contributed by atoms with Gasteiger partial charge < -0.3 is 15.2 Å². The van der Waals surface area contributed by atoms with Crippen LogP contribution in [0.2, 0.25) is 0 Å². The number of aromatic carboxylic acids is 1. The summed E-state index contributed by atoms with van der Waals surface area (Å²) in [6.45, 7) is 4.86. The zero-order valence-electron chi connectivity index (χ0n) is 17.5. The number of nitrogens with one attached hydrogen (secondary N) is 1. The third kappa shape index (κ3) is 4.91. The van der Waals surface area contributed by atoms with E-state index in [1.807, 2.05) is 18.4 Å². The first-order valence-electron chi connectivity index (χ1n) is 9.54. The highest BCUT2D eigenvalue weighted by Gasteiger charge is 2.12. The van der Waals surface area contributed by atoms with E-state index < -0.39 is 5.97 Å². The molecule has 1 heterocycles. The number of hydrogen-bond acceptors (Lipinski definition) is 6. The Morgan fingerprint density at radius 1 is 1.17 bits per heavy atom. The number of carboxylic acid groups (broad SMARTS) is 1. The average Bonchev–Trinajstić information content (AvgIpc) is 2.74. The minimum atomic E-state index is -0.933. The number of methoxy groups -OCH3 is 1. The predicted octanol–water partition coefficient (Wildman–Crippen LogP) is 4.84. The van der Waals surface area contributed by atoms with Gasteiger partial charge in [0.2, 0.25) is 0 Å². The standard InChI is InChI=1S/C23H25N3O3S/c1-14-9-15(2)17(20(10-14)29-3)7-8-24-22-12-19(25-13-26-22)16-5-6-18(23(27)28)21(11-16)30-4/h5-6,9-13H,7-8H2,1-4H3,(H,27,28)(H,24,25,26). The lowest BCUT2D eigenvalue weighted by molar-refractivity contribution is 0.0693. The number of nitrogens with zero attached hydrogens (tertiary/aromatic N) is 2. The van der Waals surface area contributed by atoms with Crippen molar-refractivity contribution < 1.29 is 14.6 Å². The maximum absolute atomic E-state index is 11.3. The molecule has 2 N–H and O–H groups in total. The molecule has 0 radical (unpaired) electrons. The summed E-state index contributed by atoms with van der Waals surface area (Å²) < 4.78 is 5.54. The summed E-state index contributed by atoms with van der Waals surface area (Å²) in [5, 5.41) is 12.7. The van der Waals surface area contributed by atoms with E-state index in [4.69, 9.17) is 4.74 Å². The van der Waals surface area contributed by atoms with Crippen LogP contribution in [0.1, 0.15) is 27.0 Å². The normalized spacial score (nSPS) is 10.7. The van der Waals surface area contributed by atoms with Crippen LogP contribution in [0.15, 0.2) is 47.6 Å². The summed E-state index contributed by atoms with van der Waals surface area (Å²) in [5.74, 6) is 0.690. The number of carbonyl (C=O) groups is 1. The Morgan fingerprint density at radius 2 is 1.97 bits per heavy atom. The fourth-order valence-corrected chi connectivity index (χ4v) is 4.04. The van der Waals surface area contributed by atoms with Crippen LogP contribution in [0.3, 0.4) is 0 Å².